The Bertz CT molecular complexity index is 1030. The molecule has 2 aromatic carbocycles. The van der Waals surface area contributed by atoms with Gasteiger partial charge in [0.05, 0.1) is 0 Å². The number of aliphatic carboxylic acids is 1. The molecule has 4 rings (SSSR count). The summed E-state index contributed by atoms with van der Waals surface area (Å²) in [5.74, 6) is 2.64. The van der Waals surface area contributed by atoms with E-state index in [1.165, 1.54) is 5.56 Å². The van der Waals surface area contributed by atoms with Gasteiger partial charge in [0.25, 0.3) is 0 Å². The van der Waals surface area contributed by atoms with E-state index in [1.807, 2.05) is 67.3 Å². The number of aromatic nitrogens is 1. The van der Waals surface area contributed by atoms with E-state index in [9.17, 15) is 9.90 Å². The third-order valence-electron chi connectivity index (χ3n) is 5.11. The highest BCUT2D eigenvalue weighted by Crippen LogP contribution is 2.26. The smallest absolute Gasteiger partial charge is 0.321 e. The van der Waals surface area contributed by atoms with Crippen molar-refractivity contribution in [1.29, 1.82) is 0 Å². The molecule has 1 N–H and O–H groups in total. The van der Waals surface area contributed by atoms with Crippen LogP contribution in [0.2, 0.25) is 0 Å². The first-order valence-corrected chi connectivity index (χ1v) is 10.9. The van der Waals surface area contributed by atoms with Crippen LogP contribution in [0.25, 0.3) is 11.5 Å². The molecule has 0 amide bonds. The Hall–Kier alpha value is -2.77. The molecule has 0 saturated carbocycles. The number of rotatable bonds is 7. The van der Waals surface area contributed by atoms with E-state index in [4.69, 9.17) is 9.15 Å². The van der Waals surface area contributed by atoms with Crippen LogP contribution in [-0.4, -0.2) is 38.6 Å². The molecule has 0 unspecified atom stereocenters. The van der Waals surface area contributed by atoms with E-state index in [0.29, 0.717) is 24.8 Å². The van der Waals surface area contributed by atoms with E-state index in [1.54, 1.807) is 11.8 Å². The van der Waals surface area contributed by atoms with Crippen molar-refractivity contribution in [2.75, 3.05) is 11.6 Å². The van der Waals surface area contributed by atoms with Crippen LogP contribution >= 0.6 is 11.8 Å². The number of nitrogens with zero attached hydrogens (tertiary/aromatic N) is 2. The van der Waals surface area contributed by atoms with Crippen LogP contribution in [0.1, 0.15) is 22.6 Å². The average Bonchev–Trinajstić information content (AvgIpc) is 3.34. The number of aryl methyl sites for hydroxylation is 2. The lowest BCUT2D eigenvalue weighted by molar-refractivity contribution is -0.141. The van der Waals surface area contributed by atoms with Gasteiger partial charge in [-0.2, -0.15) is 0 Å². The number of carboxylic acid groups (broad SMARTS) is 1. The van der Waals surface area contributed by atoms with E-state index < -0.39 is 12.0 Å². The summed E-state index contributed by atoms with van der Waals surface area (Å²) in [7, 11) is 0. The Morgan fingerprint density at radius 1 is 1.27 bits per heavy atom. The summed E-state index contributed by atoms with van der Waals surface area (Å²) in [6.45, 7) is 4.82. The van der Waals surface area contributed by atoms with Crippen LogP contribution in [0.15, 0.2) is 52.9 Å². The average molecular weight is 425 g/mol. The highest BCUT2D eigenvalue weighted by Gasteiger charge is 2.30. The number of benzene rings is 2. The summed E-state index contributed by atoms with van der Waals surface area (Å²) in [4.78, 5) is 18.0. The number of carbonyl (C=O) groups is 1. The van der Waals surface area contributed by atoms with Gasteiger partial charge >= 0.3 is 5.97 Å². The first kappa shape index (κ1) is 20.5. The molecule has 7 heteroatoms. The fraction of sp³-hybridized carbons (Fsp3) is 0.304. The normalized spacial score (nSPS) is 16.7. The van der Waals surface area contributed by atoms with Crippen LogP contribution in [0.5, 0.6) is 5.75 Å². The predicted octanol–water partition coefficient (Wildman–Crippen LogP) is 4.50. The van der Waals surface area contributed by atoms with Gasteiger partial charge in [0.1, 0.15) is 29.9 Å². The van der Waals surface area contributed by atoms with Gasteiger partial charge in [0.2, 0.25) is 5.89 Å². The van der Waals surface area contributed by atoms with Gasteiger partial charge in [-0.05, 0) is 43.7 Å². The second-order valence-corrected chi connectivity index (χ2v) is 8.42. The summed E-state index contributed by atoms with van der Waals surface area (Å²) in [6, 6.07) is 15.4. The summed E-state index contributed by atoms with van der Waals surface area (Å²) in [5, 5.41) is 9.35. The van der Waals surface area contributed by atoms with Crippen molar-refractivity contribution in [1.82, 2.24) is 9.88 Å². The molecule has 1 atom stereocenters. The van der Waals surface area contributed by atoms with Crippen molar-refractivity contribution >= 4 is 17.7 Å². The monoisotopic (exact) mass is 424 g/mol. The van der Waals surface area contributed by atoms with Crippen molar-refractivity contribution in [3.8, 4) is 17.2 Å². The summed E-state index contributed by atoms with van der Waals surface area (Å²) in [6.07, 6.45) is 0. The van der Waals surface area contributed by atoms with Crippen LogP contribution in [-0.2, 0) is 17.9 Å². The third kappa shape index (κ3) is 4.68. The number of hydrogen-bond acceptors (Lipinski definition) is 6. The Balaban J connectivity index is 1.41. The lowest BCUT2D eigenvalue weighted by Crippen LogP contribution is -2.37. The quantitative estimate of drug-likeness (QED) is 0.598. The van der Waals surface area contributed by atoms with Gasteiger partial charge in [0.15, 0.2) is 0 Å². The molecule has 0 bridgehead atoms. The van der Waals surface area contributed by atoms with Crippen molar-refractivity contribution in [3.63, 3.8) is 0 Å². The van der Waals surface area contributed by atoms with Crippen molar-refractivity contribution < 1.29 is 19.1 Å². The molecule has 1 saturated heterocycles. The zero-order chi connectivity index (χ0) is 21.1. The zero-order valence-corrected chi connectivity index (χ0v) is 17.8. The topological polar surface area (TPSA) is 75.8 Å². The molecular weight excluding hydrogens is 400 g/mol. The first-order valence-electron chi connectivity index (χ1n) is 9.79. The molecule has 30 heavy (non-hydrogen) atoms. The molecule has 1 aromatic heterocycles. The molecule has 0 spiro atoms. The number of oxazole rings is 1. The van der Waals surface area contributed by atoms with Gasteiger partial charge in [-0.3, -0.25) is 9.69 Å². The second kappa shape index (κ2) is 8.93. The molecule has 0 radical (unpaired) electrons. The minimum absolute atomic E-state index is 0.308. The van der Waals surface area contributed by atoms with Gasteiger partial charge < -0.3 is 14.3 Å². The van der Waals surface area contributed by atoms with Crippen LogP contribution < -0.4 is 4.74 Å². The lowest BCUT2D eigenvalue weighted by atomic mass is 10.1. The van der Waals surface area contributed by atoms with Crippen LogP contribution in [0, 0.1) is 13.8 Å². The Morgan fingerprint density at radius 2 is 2.07 bits per heavy atom. The number of hydrogen-bond donors (Lipinski definition) is 1. The standard InChI is InChI=1S/C23H24N2O4S/c1-15-6-8-18(9-7-15)22-24-20(16(2)29-22)12-28-19-5-3-4-17(10-19)11-25-14-30-13-21(25)23(26)27/h3-10,21H,11-14H2,1-2H3,(H,26,27)/t21-/m1/s1. The van der Waals surface area contributed by atoms with E-state index in [-0.39, 0.29) is 0 Å². The molecular formula is C23H24N2O4S. The number of thioether (sulfide) groups is 1. The van der Waals surface area contributed by atoms with Gasteiger partial charge in [-0.15, -0.1) is 11.8 Å². The highest BCUT2D eigenvalue weighted by atomic mass is 32.2. The Kier molecular flexibility index (Phi) is 6.11. The predicted molar refractivity (Wildman–Crippen MR) is 116 cm³/mol. The van der Waals surface area contributed by atoms with Crippen molar-refractivity contribution in [3.05, 3.63) is 71.1 Å². The lowest BCUT2D eigenvalue weighted by Gasteiger charge is -2.20. The molecule has 6 nitrogen and oxygen atoms in total. The minimum Gasteiger partial charge on any atom is -0.487 e. The van der Waals surface area contributed by atoms with Crippen LogP contribution in [0.4, 0.5) is 0 Å². The van der Waals surface area contributed by atoms with Crippen molar-refractivity contribution in [2.45, 2.75) is 33.0 Å². The molecule has 1 fully saturated rings. The Labute approximate surface area is 179 Å². The molecule has 156 valence electrons. The maximum Gasteiger partial charge on any atom is 0.321 e. The fourth-order valence-corrected chi connectivity index (χ4v) is 4.55. The second-order valence-electron chi connectivity index (χ2n) is 7.42. The largest absolute Gasteiger partial charge is 0.487 e. The fourth-order valence-electron chi connectivity index (χ4n) is 3.36. The molecule has 0 aliphatic carbocycles. The minimum atomic E-state index is -0.765. The maximum absolute atomic E-state index is 11.4. The van der Waals surface area contributed by atoms with Gasteiger partial charge in [-0.25, -0.2) is 4.98 Å². The SMILES string of the molecule is Cc1ccc(-c2nc(COc3cccc(CN4CSC[C@@H]4C(=O)O)c3)c(C)o2)cc1. The summed E-state index contributed by atoms with van der Waals surface area (Å²) in [5.41, 5.74) is 3.91. The molecule has 2 heterocycles. The number of carboxylic acids is 1. The van der Waals surface area contributed by atoms with Gasteiger partial charge in [0, 0.05) is 23.7 Å². The molecule has 1 aliphatic rings. The highest BCUT2D eigenvalue weighted by molar-refractivity contribution is 7.99. The van der Waals surface area contributed by atoms with Crippen LogP contribution in [0.3, 0.4) is 0 Å². The van der Waals surface area contributed by atoms with E-state index in [0.717, 1.165) is 34.2 Å². The number of ether oxygens (including phenoxy) is 1. The van der Waals surface area contributed by atoms with E-state index in [2.05, 4.69) is 4.98 Å². The summed E-state index contributed by atoms with van der Waals surface area (Å²) < 4.78 is 11.8. The summed E-state index contributed by atoms with van der Waals surface area (Å²) >= 11 is 1.65. The zero-order valence-electron chi connectivity index (χ0n) is 17.0. The maximum atomic E-state index is 11.4. The van der Waals surface area contributed by atoms with Crippen molar-refractivity contribution in [2.24, 2.45) is 0 Å². The Morgan fingerprint density at radius 3 is 2.83 bits per heavy atom. The van der Waals surface area contributed by atoms with Gasteiger partial charge in [-0.1, -0.05) is 29.8 Å². The third-order valence-corrected chi connectivity index (χ3v) is 6.18. The first-order chi connectivity index (χ1) is 14.5. The van der Waals surface area contributed by atoms with E-state index >= 15 is 0 Å². The molecule has 1 aliphatic heterocycles. The molecule has 3 aromatic rings.